The molecule has 1 saturated carbocycles. The molecule has 0 unspecified atom stereocenters. The van der Waals surface area contributed by atoms with Crippen LogP contribution in [0, 0.1) is 11.8 Å². The highest BCUT2D eigenvalue weighted by atomic mass is 33.1. The number of ether oxygens (including phenoxy) is 1. The van der Waals surface area contributed by atoms with Crippen molar-refractivity contribution in [3.8, 4) is 5.75 Å². The fourth-order valence-electron chi connectivity index (χ4n) is 9.03. The molecule has 2 aliphatic rings. The number of carbonyl (C=O) groups is 9. The Bertz CT molecular complexity index is 2490. The topological polar surface area (TPSA) is 428 Å². The van der Waals surface area contributed by atoms with Gasteiger partial charge in [0.2, 0.25) is 53.2 Å². The molecule has 440 valence electrons. The Kier molecular flexibility index (Phi) is 26.7. The van der Waals surface area contributed by atoms with Gasteiger partial charge in [-0.3, -0.25) is 53.1 Å². The molecule has 80 heavy (non-hydrogen) atoms. The third kappa shape index (κ3) is 22.5. The van der Waals surface area contributed by atoms with Crippen LogP contribution in [-0.2, 0) is 56.0 Å². The van der Waals surface area contributed by atoms with Crippen LogP contribution in [0.15, 0.2) is 64.6 Å². The predicted molar refractivity (Wildman–Crippen MR) is 308 cm³/mol. The van der Waals surface area contributed by atoms with E-state index in [0.717, 1.165) is 12.8 Å². The van der Waals surface area contributed by atoms with Crippen LogP contribution in [-0.4, -0.2) is 138 Å². The summed E-state index contributed by atoms with van der Waals surface area (Å²) >= 11 is 0. The zero-order chi connectivity index (χ0) is 58.9. The zero-order valence-corrected chi connectivity index (χ0v) is 47.6. The van der Waals surface area contributed by atoms with Crippen molar-refractivity contribution in [2.45, 2.75) is 152 Å². The largest absolute Gasteiger partial charge is 0.494 e. The van der Waals surface area contributed by atoms with Gasteiger partial charge in [0.1, 0.15) is 48.0 Å². The van der Waals surface area contributed by atoms with Crippen LogP contribution in [0.2, 0.25) is 0 Å². The molecular weight excluding hydrogens is 1070 g/mol. The van der Waals surface area contributed by atoms with Crippen LogP contribution in [0.25, 0.3) is 0 Å². The van der Waals surface area contributed by atoms with E-state index in [0.29, 0.717) is 42.2 Å². The van der Waals surface area contributed by atoms with E-state index < -0.39 is 113 Å². The Morgan fingerprint density at radius 1 is 0.700 bits per heavy atom. The van der Waals surface area contributed by atoms with E-state index in [9.17, 15) is 43.2 Å². The van der Waals surface area contributed by atoms with Gasteiger partial charge in [-0.2, -0.15) is 0 Å². The lowest BCUT2D eigenvalue weighted by atomic mass is 9.80. The first kappa shape index (κ1) is 65.2. The SMILES string of the molecule is CCOc1ccc(C[C@@H]2NC(=O)CC3(CCC(C)CC3)SSC[C@H](C(=O)N[C@@H](CCCN=C(N)N)C(=O)N[C@@H](CCCN=C(N)N)C(N)=O)NC(=O)[C@H](CC(N)=O)NC(=O)[C@H](C(C)C)NC(=O)[C@H](Cc3ccccc3)NC2=O)cc1. The normalized spacial score (nSPS) is 23.3. The first-order valence-electron chi connectivity index (χ1n) is 26.8. The van der Waals surface area contributed by atoms with Gasteiger partial charge in [0.25, 0.3) is 0 Å². The minimum atomic E-state index is -1.69. The number of guanidine groups is 2. The van der Waals surface area contributed by atoms with Gasteiger partial charge in [0, 0.05) is 42.9 Å². The maximum Gasteiger partial charge on any atom is 0.244 e. The molecule has 1 spiro atoms. The highest BCUT2D eigenvalue weighted by Crippen LogP contribution is 2.49. The minimum absolute atomic E-state index is 0.0227. The number of hydrogen-bond acceptors (Lipinski definition) is 14. The summed E-state index contributed by atoms with van der Waals surface area (Å²) in [5, 5.41) is 19.1. The van der Waals surface area contributed by atoms with E-state index in [2.05, 4.69) is 54.1 Å². The summed E-state index contributed by atoms with van der Waals surface area (Å²) in [6.07, 6.45) is 2.20. The Labute approximate surface area is 474 Å². The number of nitrogens with zero attached hydrogens (tertiary/aromatic N) is 2. The number of aliphatic imine (C=N–C) groups is 2. The van der Waals surface area contributed by atoms with Crippen molar-refractivity contribution in [3.63, 3.8) is 0 Å². The maximum atomic E-state index is 14.7. The number of benzene rings is 2. The van der Waals surface area contributed by atoms with Crippen molar-refractivity contribution in [3.05, 3.63) is 65.7 Å². The first-order chi connectivity index (χ1) is 38.0. The molecule has 7 atom stereocenters. The highest BCUT2D eigenvalue weighted by Gasteiger charge is 2.41. The summed E-state index contributed by atoms with van der Waals surface area (Å²) in [5.41, 5.74) is 34.6. The maximum absolute atomic E-state index is 14.7. The van der Waals surface area contributed by atoms with Crippen LogP contribution in [0.3, 0.4) is 0 Å². The lowest BCUT2D eigenvalue weighted by Crippen LogP contribution is -2.61. The predicted octanol–water partition coefficient (Wildman–Crippen LogP) is -0.878. The second-order valence-corrected chi connectivity index (χ2v) is 23.3. The average Bonchev–Trinajstić information content (AvgIpc) is 3.40. The lowest BCUT2D eigenvalue weighted by molar-refractivity contribution is -0.136. The van der Waals surface area contributed by atoms with E-state index in [1.54, 1.807) is 68.4 Å². The zero-order valence-electron chi connectivity index (χ0n) is 46.0. The third-order valence-corrected chi connectivity index (χ3v) is 16.8. The average molecular weight is 1150 g/mol. The second kappa shape index (κ2) is 32.7. The number of rotatable bonds is 22. The molecule has 0 aromatic heterocycles. The summed E-state index contributed by atoms with van der Waals surface area (Å²) < 4.78 is 4.88. The van der Waals surface area contributed by atoms with Crippen molar-refractivity contribution in [2.75, 3.05) is 25.4 Å². The molecule has 2 aromatic rings. The standard InChI is InChI=1S/C53H81N15O10S2/c1-5-78-34-17-15-33(16-18-34)26-37-46(73)65-38(25-32-11-7-6-8-12-32)48(75)68-43(30(2)3)50(77)66-39(27-41(54)69)47(74)67-40(29-79-80-53(28-42(70)62-37)21-19-31(4)20-22-53)49(76)64-36(14-10-24-61-52(58)59)45(72)63-35(44(55)71)13-9-23-60-51(56)57/h6-8,11-12,15-18,30-31,35-40,43H,5,9-10,13-14,19-29H2,1-4H3,(H2,54,69)(H2,55,71)(H,62,70)(H,63,72)(H,64,76)(H,65,73)(H,66,77)(H,67,74)(H,68,75)(H4,56,57,60)(H4,58,59,61)/t31?,35-,36-,37-,38-,39-,40+,43-,53?/m0/s1. The molecule has 25 nitrogen and oxygen atoms in total. The van der Waals surface area contributed by atoms with Gasteiger partial charge in [-0.25, -0.2) is 0 Å². The van der Waals surface area contributed by atoms with E-state index in [4.69, 9.17) is 39.1 Å². The lowest BCUT2D eigenvalue weighted by Gasteiger charge is -2.38. The number of nitrogens with two attached hydrogens (primary N) is 6. The summed E-state index contributed by atoms with van der Waals surface area (Å²) in [6, 6.07) is 6.36. The fraction of sp³-hybridized carbons (Fsp3) is 0.566. The molecule has 1 aliphatic heterocycles. The van der Waals surface area contributed by atoms with E-state index in [1.165, 1.54) is 21.6 Å². The molecule has 9 amide bonds. The third-order valence-electron chi connectivity index (χ3n) is 13.5. The second-order valence-electron chi connectivity index (χ2n) is 20.5. The van der Waals surface area contributed by atoms with Crippen molar-refractivity contribution >= 4 is 86.7 Å². The summed E-state index contributed by atoms with van der Waals surface area (Å²) in [4.78, 5) is 134. The van der Waals surface area contributed by atoms with Gasteiger partial charge in [-0.15, -0.1) is 0 Å². The Hall–Kier alpha value is -7.29. The van der Waals surface area contributed by atoms with Crippen molar-refractivity contribution in [2.24, 2.45) is 56.2 Å². The van der Waals surface area contributed by atoms with Gasteiger partial charge in [-0.05, 0) is 93.4 Å². The number of nitrogens with one attached hydrogen (secondary N) is 7. The Morgan fingerprint density at radius 2 is 1.25 bits per heavy atom. The molecule has 2 fully saturated rings. The monoisotopic (exact) mass is 1150 g/mol. The minimum Gasteiger partial charge on any atom is -0.494 e. The van der Waals surface area contributed by atoms with Gasteiger partial charge in [-0.1, -0.05) is 84.8 Å². The van der Waals surface area contributed by atoms with Crippen molar-refractivity contribution in [1.82, 2.24) is 37.2 Å². The molecule has 1 heterocycles. The number of amides is 9. The molecule has 0 bridgehead atoms. The van der Waals surface area contributed by atoms with E-state index >= 15 is 0 Å². The fourth-order valence-corrected chi connectivity index (χ4v) is 12.4. The number of primary amides is 2. The number of hydrogen-bond donors (Lipinski definition) is 13. The van der Waals surface area contributed by atoms with Crippen LogP contribution >= 0.6 is 21.6 Å². The summed E-state index contributed by atoms with van der Waals surface area (Å²) in [7, 11) is 2.51. The van der Waals surface area contributed by atoms with Crippen LogP contribution in [0.4, 0.5) is 0 Å². The molecule has 2 aromatic carbocycles. The summed E-state index contributed by atoms with van der Waals surface area (Å²) in [6.45, 7) is 7.85. The van der Waals surface area contributed by atoms with Crippen molar-refractivity contribution < 1.29 is 47.9 Å². The molecule has 27 heteroatoms. The number of carbonyl (C=O) groups excluding carboxylic acids is 9. The van der Waals surface area contributed by atoms with Gasteiger partial charge < -0.3 is 76.4 Å². The Morgan fingerprint density at radius 3 is 1.81 bits per heavy atom. The molecule has 1 saturated heterocycles. The van der Waals surface area contributed by atoms with Crippen molar-refractivity contribution in [1.29, 1.82) is 0 Å². The van der Waals surface area contributed by atoms with Crippen LogP contribution in [0.5, 0.6) is 5.75 Å². The molecule has 4 rings (SSSR count). The molecule has 1 aliphatic carbocycles. The van der Waals surface area contributed by atoms with Gasteiger partial charge in [0.15, 0.2) is 11.9 Å². The highest BCUT2D eigenvalue weighted by molar-refractivity contribution is 8.77. The molecule has 19 N–H and O–H groups in total. The van der Waals surface area contributed by atoms with Crippen LogP contribution in [0.1, 0.15) is 103 Å². The van der Waals surface area contributed by atoms with Gasteiger partial charge in [0.05, 0.1) is 13.0 Å². The molecular formula is C53H81N15O10S2. The first-order valence-corrected chi connectivity index (χ1v) is 29.2. The van der Waals surface area contributed by atoms with Gasteiger partial charge >= 0.3 is 0 Å². The van der Waals surface area contributed by atoms with Crippen LogP contribution < -0.4 is 76.4 Å². The van der Waals surface area contributed by atoms with E-state index in [1.807, 2.05) is 6.92 Å². The smallest absolute Gasteiger partial charge is 0.244 e. The molecule has 0 radical (unpaired) electrons. The summed E-state index contributed by atoms with van der Waals surface area (Å²) in [5.74, 6) is -7.62. The quantitative estimate of drug-likeness (QED) is 0.0295. The van der Waals surface area contributed by atoms with E-state index in [-0.39, 0.29) is 75.7 Å². The Balaban J connectivity index is 1.80.